The zero-order chi connectivity index (χ0) is 22.9. The second-order valence-electron chi connectivity index (χ2n) is 9.00. The largest absolute Gasteiger partial charge is 0.352 e. The molecule has 172 valence electrons. The van der Waals surface area contributed by atoms with Crippen LogP contribution in [-0.4, -0.2) is 34.0 Å². The third-order valence-electron chi connectivity index (χ3n) is 5.90. The molecule has 2 aromatic heterocycles. The quantitative estimate of drug-likeness (QED) is 0.557. The third kappa shape index (κ3) is 6.77. The van der Waals surface area contributed by atoms with Crippen LogP contribution in [0.4, 0.5) is 0 Å². The highest BCUT2D eigenvalue weighted by Gasteiger charge is 2.23. The van der Waals surface area contributed by atoms with Gasteiger partial charge in [-0.3, -0.25) is 19.4 Å². The zero-order valence-corrected chi connectivity index (χ0v) is 19.1. The number of amides is 2. The molecule has 1 fully saturated rings. The first-order valence-corrected chi connectivity index (χ1v) is 11.7. The van der Waals surface area contributed by atoms with Crippen LogP contribution in [0.25, 0.3) is 0 Å². The summed E-state index contributed by atoms with van der Waals surface area (Å²) in [5, 5.41) is 5.82. The van der Waals surface area contributed by atoms with Gasteiger partial charge in [-0.25, -0.2) is 0 Å². The van der Waals surface area contributed by atoms with E-state index >= 15 is 0 Å². The number of pyridine rings is 2. The van der Waals surface area contributed by atoms with Gasteiger partial charge in [-0.05, 0) is 55.7 Å². The molecule has 0 spiro atoms. The number of rotatable bonds is 10. The lowest BCUT2D eigenvalue weighted by Gasteiger charge is -2.15. The summed E-state index contributed by atoms with van der Waals surface area (Å²) in [4.78, 5) is 42.7. The Bertz CT molecular complexity index is 963. The van der Waals surface area contributed by atoms with Gasteiger partial charge in [0.2, 0.25) is 5.43 Å². The van der Waals surface area contributed by atoms with Gasteiger partial charge >= 0.3 is 0 Å². The van der Waals surface area contributed by atoms with Crippen LogP contribution in [0.15, 0.2) is 41.7 Å². The van der Waals surface area contributed by atoms with Crippen molar-refractivity contribution < 1.29 is 9.59 Å². The van der Waals surface area contributed by atoms with Gasteiger partial charge in [0.15, 0.2) is 0 Å². The van der Waals surface area contributed by atoms with E-state index < -0.39 is 11.3 Å². The lowest BCUT2D eigenvalue weighted by Crippen LogP contribution is -2.38. The van der Waals surface area contributed by atoms with Crippen molar-refractivity contribution in [1.29, 1.82) is 0 Å². The normalized spacial score (nSPS) is 14.0. The van der Waals surface area contributed by atoms with Crippen LogP contribution in [-0.2, 0) is 13.0 Å². The van der Waals surface area contributed by atoms with E-state index in [2.05, 4.69) is 29.5 Å². The summed E-state index contributed by atoms with van der Waals surface area (Å²) >= 11 is 0. The number of nitrogens with one attached hydrogen (secondary N) is 2. The number of carbonyl (C=O) groups is 2. The van der Waals surface area contributed by atoms with Crippen molar-refractivity contribution in [3.63, 3.8) is 0 Å². The molecule has 1 saturated carbocycles. The minimum Gasteiger partial charge on any atom is -0.352 e. The molecule has 2 aromatic rings. The zero-order valence-electron chi connectivity index (χ0n) is 19.1. The molecule has 3 rings (SSSR count). The van der Waals surface area contributed by atoms with Crippen LogP contribution >= 0.6 is 0 Å². The van der Waals surface area contributed by atoms with Crippen LogP contribution in [0, 0.1) is 5.92 Å². The SMILES string of the molecule is CC(C)CCn1cc(C(=O)NCCCc2ccncc2)c(=O)c(C(=O)NC2CCCC2)c1. The molecule has 2 heterocycles. The summed E-state index contributed by atoms with van der Waals surface area (Å²) in [6, 6.07) is 4.00. The Morgan fingerprint density at radius 2 is 1.75 bits per heavy atom. The fraction of sp³-hybridized carbons (Fsp3) is 0.520. The molecule has 1 aliphatic rings. The van der Waals surface area contributed by atoms with E-state index in [1.807, 2.05) is 12.1 Å². The molecule has 2 amide bonds. The maximum absolute atomic E-state index is 13.0. The molecular weight excluding hydrogens is 404 g/mol. The number of hydrogen-bond acceptors (Lipinski definition) is 4. The Kier molecular flexibility index (Phi) is 8.59. The first-order chi connectivity index (χ1) is 15.4. The van der Waals surface area contributed by atoms with E-state index in [1.54, 1.807) is 29.4 Å². The Morgan fingerprint density at radius 3 is 2.41 bits per heavy atom. The molecule has 7 heteroatoms. The predicted molar refractivity (Wildman–Crippen MR) is 125 cm³/mol. The highest BCUT2D eigenvalue weighted by atomic mass is 16.2. The smallest absolute Gasteiger partial charge is 0.256 e. The summed E-state index contributed by atoms with van der Waals surface area (Å²) in [5.41, 5.74) is 0.714. The molecule has 0 saturated heterocycles. The molecule has 0 aromatic carbocycles. The first-order valence-electron chi connectivity index (χ1n) is 11.7. The number of hydrogen-bond donors (Lipinski definition) is 2. The van der Waals surface area contributed by atoms with Crippen molar-refractivity contribution in [3.8, 4) is 0 Å². The Labute approximate surface area is 189 Å². The van der Waals surface area contributed by atoms with E-state index in [0.717, 1.165) is 50.5 Å². The maximum atomic E-state index is 13.0. The number of nitrogens with zero attached hydrogens (tertiary/aromatic N) is 2. The molecule has 0 atom stereocenters. The van der Waals surface area contributed by atoms with Gasteiger partial charge in [0.1, 0.15) is 11.1 Å². The van der Waals surface area contributed by atoms with Gasteiger partial charge < -0.3 is 15.2 Å². The standard InChI is InChI=1S/C25H34N4O3/c1-18(2)11-15-29-16-21(24(31)27-12-5-6-19-9-13-26-14-10-19)23(30)22(17-29)25(32)28-20-7-3-4-8-20/h9-10,13-14,16-18,20H,3-8,11-12,15H2,1-2H3,(H,27,31)(H,28,32). The lowest BCUT2D eigenvalue weighted by atomic mass is 10.1. The fourth-order valence-corrected chi connectivity index (χ4v) is 3.96. The second kappa shape index (κ2) is 11.6. The van der Waals surface area contributed by atoms with Gasteiger partial charge in [-0.1, -0.05) is 26.7 Å². The minimum atomic E-state index is -0.507. The summed E-state index contributed by atoms with van der Waals surface area (Å²) in [6.45, 7) is 5.33. The van der Waals surface area contributed by atoms with E-state index in [0.29, 0.717) is 19.0 Å². The summed E-state index contributed by atoms with van der Waals surface area (Å²) in [6.07, 6.45) is 13.2. The van der Waals surface area contributed by atoms with Crippen LogP contribution in [0.3, 0.4) is 0 Å². The van der Waals surface area contributed by atoms with E-state index in [4.69, 9.17) is 0 Å². The van der Waals surface area contributed by atoms with Crippen molar-refractivity contribution in [2.75, 3.05) is 6.54 Å². The van der Waals surface area contributed by atoms with Gasteiger partial charge in [-0.15, -0.1) is 0 Å². The van der Waals surface area contributed by atoms with Crippen LogP contribution < -0.4 is 16.1 Å². The Morgan fingerprint density at radius 1 is 1.09 bits per heavy atom. The maximum Gasteiger partial charge on any atom is 0.256 e. The minimum absolute atomic E-state index is 0.0248. The summed E-state index contributed by atoms with van der Waals surface area (Å²) in [5.74, 6) is -0.346. The molecular formula is C25H34N4O3. The molecule has 0 aliphatic heterocycles. The Balaban J connectivity index is 1.71. The van der Waals surface area contributed by atoms with Gasteiger partial charge in [0.25, 0.3) is 11.8 Å². The van der Waals surface area contributed by atoms with Gasteiger partial charge in [0.05, 0.1) is 0 Å². The molecule has 2 N–H and O–H groups in total. The molecule has 1 aliphatic carbocycles. The third-order valence-corrected chi connectivity index (χ3v) is 5.90. The van der Waals surface area contributed by atoms with Crippen molar-refractivity contribution >= 4 is 11.8 Å². The lowest BCUT2D eigenvalue weighted by molar-refractivity contribution is 0.0936. The highest BCUT2D eigenvalue weighted by molar-refractivity contribution is 5.99. The van der Waals surface area contributed by atoms with Crippen molar-refractivity contribution in [2.24, 2.45) is 5.92 Å². The fourth-order valence-electron chi connectivity index (χ4n) is 3.96. The van der Waals surface area contributed by atoms with Crippen molar-refractivity contribution in [2.45, 2.75) is 71.4 Å². The topological polar surface area (TPSA) is 93.1 Å². The molecule has 0 radical (unpaired) electrons. The van der Waals surface area contributed by atoms with Crippen LogP contribution in [0.2, 0.25) is 0 Å². The average molecular weight is 439 g/mol. The first kappa shape index (κ1) is 23.7. The van der Waals surface area contributed by atoms with Crippen molar-refractivity contribution in [3.05, 3.63) is 63.8 Å². The van der Waals surface area contributed by atoms with E-state index in [-0.39, 0.29) is 23.1 Å². The Hall–Kier alpha value is -2.96. The van der Waals surface area contributed by atoms with Crippen LogP contribution in [0.1, 0.15) is 78.7 Å². The second-order valence-corrected chi connectivity index (χ2v) is 9.00. The number of carbonyl (C=O) groups excluding carboxylic acids is 2. The summed E-state index contributed by atoms with van der Waals surface area (Å²) < 4.78 is 1.80. The highest BCUT2D eigenvalue weighted by Crippen LogP contribution is 2.18. The van der Waals surface area contributed by atoms with E-state index in [1.165, 1.54) is 0 Å². The van der Waals surface area contributed by atoms with E-state index in [9.17, 15) is 14.4 Å². The monoisotopic (exact) mass is 438 g/mol. The summed E-state index contributed by atoms with van der Waals surface area (Å²) in [7, 11) is 0. The average Bonchev–Trinajstić information content (AvgIpc) is 3.29. The molecule has 32 heavy (non-hydrogen) atoms. The van der Waals surface area contributed by atoms with Gasteiger partial charge in [-0.2, -0.15) is 0 Å². The molecule has 0 unspecified atom stereocenters. The molecule has 7 nitrogen and oxygen atoms in total. The number of aryl methyl sites for hydroxylation is 2. The van der Waals surface area contributed by atoms with Crippen LogP contribution in [0.5, 0.6) is 0 Å². The molecule has 0 bridgehead atoms. The van der Waals surface area contributed by atoms with Gasteiger partial charge in [0, 0.05) is 43.9 Å². The predicted octanol–water partition coefficient (Wildman–Crippen LogP) is 3.32. The number of aromatic nitrogens is 2. The van der Waals surface area contributed by atoms with Crippen molar-refractivity contribution in [1.82, 2.24) is 20.2 Å².